The molecule has 0 aromatic carbocycles. The Balaban J connectivity index is 2.01. The van der Waals surface area contributed by atoms with E-state index in [2.05, 4.69) is 10.2 Å². The van der Waals surface area contributed by atoms with Crippen LogP contribution in [0.15, 0.2) is 17.3 Å². The van der Waals surface area contributed by atoms with Gasteiger partial charge in [0, 0.05) is 26.4 Å². The number of likely N-dealkylation sites (N-methyl/N-ethyl adjacent to an activating group) is 1. The van der Waals surface area contributed by atoms with Gasteiger partial charge in [0.25, 0.3) is 0 Å². The van der Waals surface area contributed by atoms with Crippen molar-refractivity contribution in [2.24, 2.45) is 0 Å². The molecule has 1 atom stereocenters. The van der Waals surface area contributed by atoms with E-state index in [4.69, 9.17) is 4.74 Å². The molecule has 0 spiro atoms. The third kappa shape index (κ3) is 2.85. The number of hydrogen-bond acceptors (Lipinski definition) is 4. The summed E-state index contributed by atoms with van der Waals surface area (Å²) in [5.74, 6) is 0. The topological polar surface area (TPSA) is 75.3 Å². The molecular formula is C10H17N3O3S. The first kappa shape index (κ1) is 12.5. The molecule has 1 unspecified atom stereocenters. The molecule has 1 aromatic heterocycles. The third-order valence-electron chi connectivity index (χ3n) is 2.92. The van der Waals surface area contributed by atoms with Gasteiger partial charge >= 0.3 is 0 Å². The summed E-state index contributed by atoms with van der Waals surface area (Å²) in [5, 5.41) is 6.16. The van der Waals surface area contributed by atoms with Gasteiger partial charge in [-0.1, -0.05) is 0 Å². The van der Waals surface area contributed by atoms with Crippen LogP contribution in [-0.2, 0) is 14.8 Å². The summed E-state index contributed by atoms with van der Waals surface area (Å²) < 4.78 is 31.0. The van der Waals surface area contributed by atoms with E-state index in [9.17, 15) is 8.42 Å². The Morgan fingerprint density at radius 3 is 3.00 bits per heavy atom. The summed E-state index contributed by atoms with van der Waals surface area (Å²) in [7, 11) is -1.87. The lowest BCUT2D eigenvalue weighted by atomic mass is 10.1. The van der Waals surface area contributed by atoms with E-state index in [1.54, 1.807) is 7.05 Å². The SMILES string of the molecule is CN(CC1CCCCO1)S(=O)(=O)c1cn[nH]c1. The zero-order chi connectivity index (χ0) is 12.3. The van der Waals surface area contributed by atoms with Crippen molar-refractivity contribution in [3.05, 3.63) is 12.4 Å². The van der Waals surface area contributed by atoms with Crippen LogP contribution < -0.4 is 0 Å². The van der Waals surface area contributed by atoms with Crippen LogP contribution in [0, 0.1) is 0 Å². The third-order valence-corrected chi connectivity index (χ3v) is 4.70. The standard InChI is InChI=1S/C10H17N3O3S/c1-13(8-9-4-2-3-5-16-9)17(14,15)10-6-11-12-7-10/h6-7,9H,2-5,8H2,1H3,(H,11,12). The van der Waals surface area contributed by atoms with Crippen LogP contribution in [0.4, 0.5) is 0 Å². The van der Waals surface area contributed by atoms with E-state index in [1.165, 1.54) is 16.7 Å². The molecule has 2 rings (SSSR count). The Morgan fingerprint density at radius 2 is 2.41 bits per heavy atom. The monoisotopic (exact) mass is 259 g/mol. The number of sulfonamides is 1. The molecule has 0 radical (unpaired) electrons. The van der Waals surface area contributed by atoms with Crippen LogP contribution >= 0.6 is 0 Å². The van der Waals surface area contributed by atoms with Crippen LogP contribution in [0.3, 0.4) is 0 Å². The highest BCUT2D eigenvalue weighted by Crippen LogP contribution is 2.17. The lowest BCUT2D eigenvalue weighted by Gasteiger charge is -2.26. The van der Waals surface area contributed by atoms with Crippen molar-refractivity contribution in [2.75, 3.05) is 20.2 Å². The number of H-pyrrole nitrogens is 1. The van der Waals surface area contributed by atoms with Gasteiger partial charge in [-0.25, -0.2) is 8.42 Å². The lowest BCUT2D eigenvalue weighted by molar-refractivity contribution is 0.00858. The minimum absolute atomic E-state index is 0.00965. The van der Waals surface area contributed by atoms with E-state index in [0.717, 1.165) is 25.9 Å². The number of nitrogens with one attached hydrogen (secondary N) is 1. The predicted octanol–water partition coefficient (Wildman–Crippen LogP) is 0.599. The minimum Gasteiger partial charge on any atom is -0.377 e. The molecule has 0 aliphatic carbocycles. The molecule has 0 saturated carbocycles. The number of nitrogens with zero attached hydrogens (tertiary/aromatic N) is 2. The predicted molar refractivity (Wildman–Crippen MR) is 62.0 cm³/mol. The first-order chi connectivity index (χ1) is 8.10. The van der Waals surface area contributed by atoms with Gasteiger partial charge < -0.3 is 4.74 Å². The summed E-state index contributed by atoms with van der Waals surface area (Å²) in [4.78, 5) is 0.191. The van der Waals surface area contributed by atoms with Gasteiger partial charge in [-0.05, 0) is 19.3 Å². The minimum atomic E-state index is -3.44. The van der Waals surface area contributed by atoms with Gasteiger partial charge in [0.15, 0.2) is 0 Å². The summed E-state index contributed by atoms with van der Waals surface area (Å²) >= 11 is 0. The van der Waals surface area contributed by atoms with Gasteiger partial charge in [0.05, 0.1) is 12.3 Å². The largest absolute Gasteiger partial charge is 0.377 e. The van der Waals surface area contributed by atoms with Crippen molar-refractivity contribution in [1.82, 2.24) is 14.5 Å². The van der Waals surface area contributed by atoms with Crippen LogP contribution in [0.25, 0.3) is 0 Å². The van der Waals surface area contributed by atoms with Crippen LogP contribution in [-0.4, -0.2) is 49.2 Å². The summed E-state index contributed by atoms with van der Waals surface area (Å²) in [5.41, 5.74) is 0. The van der Waals surface area contributed by atoms with Gasteiger partial charge in [-0.2, -0.15) is 9.40 Å². The zero-order valence-corrected chi connectivity index (χ0v) is 10.6. The maximum Gasteiger partial charge on any atom is 0.246 e. The van der Waals surface area contributed by atoms with Gasteiger partial charge in [-0.15, -0.1) is 0 Å². The number of aromatic nitrogens is 2. The maximum atomic E-state index is 12.1. The Hall–Kier alpha value is -0.920. The molecule has 1 aliphatic heterocycles. The molecular weight excluding hydrogens is 242 g/mol. The van der Waals surface area contributed by atoms with Gasteiger partial charge in [0.1, 0.15) is 4.90 Å². The second-order valence-corrected chi connectivity index (χ2v) is 6.25. The summed E-state index contributed by atoms with van der Waals surface area (Å²) in [6, 6.07) is 0. The molecule has 0 amide bonds. The molecule has 1 aliphatic rings. The van der Waals surface area contributed by atoms with Crippen molar-refractivity contribution < 1.29 is 13.2 Å². The second kappa shape index (κ2) is 5.16. The number of aromatic amines is 1. The molecule has 6 nitrogen and oxygen atoms in total. The van der Waals surface area contributed by atoms with Crippen LogP contribution in [0.5, 0.6) is 0 Å². The van der Waals surface area contributed by atoms with Gasteiger partial charge in [0.2, 0.25) is 10.0 Å². The van der Waals surface area contributed by atoms with Crippen molar-refractivity contribution in [3.63, 3.8) is 0 Å². The highest BCUT2D eigenvalue weighted by Gasteiger charge is 2.25. The average molecular weight is 259 g/mol. The normalized spacial score (nSPS) is 21.9. The fourth-order valence-electron chi connectivity index (χ4n) is 1.90. The van der Waals surface area contributed by atoms with E-state index in [0.29, 0.717) is 6.54 Å². The Bertz CT molecular complexity index is 437. The fourth-order valence-corrected chi connectivity index (χ4v) is 3.01. The van der Waals surface area contributed by atoms with E-state index >= 15 is 0 Å². The van der Waals surface area contributed by atoms with E-state index < -0.39 is 10.0 Å². The average Bonchev–Trinajstić information content (AvgIpc) is 2.84. The van der Waals surface area contributed by atoms with Crippen LogP contribution in [0.1, 0.15) is 19.3 Å². The Labute approximate surface area is 101 Å². The summed E-state index contributed by atoms with van der Waals surface area (Å²) in [6.07, 6.45) is 5.79. The number of ether oxygens (including phenoxy) is 1. The van der Waals surface area contributed by atoms with Crippen molar-refractivity contribution in [2.45, 2.75) is 30.3 Å². The second-order valence-electron chi connectivity index (χ2n) is 4.21. The number of hydrogen-bond donors (Lipinski definition) is 1. The molecule has 1 fully saturated rings. The van der Waals surface area contributed by atoms with Gasteiger partial charge in [-0.3, -0.25) is 5.10 Å². The molecule has 2 heterocycles. The Morgan fingerprint density at radius 1 is 1.59 bits per heavy atom. The molecule has 1 aromatic rings. The molecule has 96 valence electrons. The number of rotatable bonds is 4. The fraction of sp³-hybridized carbons (Fsp3) is 0.700. The lowest BCUT2D eigenvalue weighted by Crippen LogP contribution is -2.37. The van der Waals surface area contributed by atoms with Crippen LogP contribution in [0.2, 0.25) is 0 Å². The van der Waals surface area contributed by atoms with E-state index in [1.807, 2.05) is 0 Å². The maximum absolute atomic E-state index is 12.1. The molecule has 0 bridgehead atoms. The quantitative estimate of drug-likeness (QED) is 0.859. The molecule has 17 heavy (non-hydrogen) atoms. The molecule has 7 heteroatoms. The molecule has 1 saturated heterocycles. The van der Waals surface area contributed by atoms with Crippen molar-refractivity contribution in [3.8, 4) is 0 Å². The molecule has 1 N–H and O–H groups in total. The van der Waals surface area contributed by atoms with Crippen molar-refractivity contribution >= 4 is 10.0 Å². The first-order valence-corrected chi connectivity index (χ1v) is 7.11. The van der Waals surface area contributed by atoms with Crippen molar-refractivity contribution in [1.29, 1.82) is 0 Å². The first-order valence-electron chi connectivity index (χ1n) is 5.67. The summed E-state index contributed by atoms with van der Waals surface area (Å²) in [6.45, 7) is 1.12. The highest BCUT2D eigenvalue weighted by atomic mass is 32.2. The van der Waals surface area contributed by atoms with E-state index in [-0.39, 0.29) is 11.0 Å². The highest BCUT2D eigenvalue weighted by molar-refractivity contribution is 7.89. The zero-order valence-electron chi connectivity index (χ0n) is 9.80. The smallest absolute Gasteiger partial charge is 0.246 e. The Kier molecular flexibility index (Phi) is 3.80.